The maximum atomic E-state index is 11.0. The average Bonchev–Trinajstić information content (AvgIpc) is 2.78. The number of terminal acetylenes is 1. The third-order valence-electron chi connectivity index (χ3n) is 3.49. The minimum atomic E-state index is -0.781. The Morgan fingerprint density at radius 3 is 2.69 bits per heavy atom. The summed E-state index contributed by atoms with van der Waals surface area (Å²) < 4.78 is 0. The molecule has 0 saturated heterocycles. The second-order valence-electron chi connectivity index (χ2n) is 4.45. The minimum Gasteiger partial charge on any atom is -0.480 e. The first kappa shape index (κ1) is 11.0. The standard InChI is InChI=1S/C12H16N2O2/c1-2-9-3-5-10(6-4-9)14-8-13-7-11(14)12(15)16/h1,8-11H,3-7H2,(H,15,16). The van der Waals surface area contributed by atoms with Gasteiger partial charge in [-0.05, 0) is 25.7 Å². The van der Waals surface area contributed by atoms with Crippen LogP contribution < -0.4 is 0 Å². The van der Waals surface area contributed by atoms with Crippen LogP contribution in [0.2, 0.25) is 0 Å². The van der Waals surface area contributed by atoms with E-state index in [1.165, 1.54) is 0 Å². The molecule has 0 aromatic heterocycles. The highest BCUT2D eigenvalue weighted by Crippen LogP contribution is 2.28. The van der Waals surface area contributed by atoms with E-state index in [0.717, 1.165) is 25.7 Å². The summed E-state index contributed by atoms with van der Waals surface area (Å²) in [7, 11) is 0. The van der Waals surface area contributed by atoms with Gasteiger partial charge in [0.25, 0.3) is 0 Å². The second-order valence-corrected chi connectivity index (χ2v) is 4.45. The van der Waals surface area contributed by atoms with Crippen LogP contribution in [-0.4, -0.2) is 40.9 Å². The van der Waals surface area contributed by atoms with Gasteiger partial charge in [-0.2, -0.15) is 0 Å². The lowest BCUT2D eigenvalue weighted by atomic mass is 9.85. The maximum Gasteiger partial charge on any atom is 0.328 e. The highest BCUT2D eigenvalue weighted by atomic mass is 16.4. The first-order chi connectivity index (χ1) is 7.72. The molecular weight excluding hydrogens is 204 g/mol. The summed E-state index contributed by atoms with van der Waals surface area (Å²) in [5.41, 5.74) is 0. The fraction of sp³-hybridized carbons (Fsp3) is 0.667. The normalized spacial score (nSPS) is 33.7. The van der Waals surface area contributed by atoms with Gasteiger partial charge in [-0.15, -0.1) is 12.3 Å². The molecule has 0 radical (unpaired) electrons. The van der Waals surface area contributed by atoms with Crippen LogP contribution >= 0.6 is 0 Å². The second kappa shape index (κ2) is 4.56. The molecule has 0 spiro atoms. The van der Waals surface area contributed by atoms with Gasteiger partial charge >= 0.3 is 5.97 Å². The van der Waals surface area contributed by atoms with Gasteiger partial charge in [-0.3, -0.25) is 4.99 Å². The van der Waals surface area contributed by atoms with Gasteiger partial charge in [-0.25, -0.2) is 4.79 Å². The zero-order chi connectivity index (χ0) is 11.5. The Hall–Kier alpha value is -1.50. The van der Waals surface area contributed by atoms with Crippen molar-refractivity contribution in [2.24, 2.45) is 10.9 Å². The molecule has 1 heterocycles. The molecule has 1 aliphatic heterocycles. The van der Waals surface area contributed by atoms with E-state index in [9.17, 15) is 4.79 Å². The quantitative estimate of drug-likeness (QED) is 0.706. The van der Waals surface area contributed by atoms with Gasteiger partial charge in [-0.1, -0.05) is 0 Å². The molecule has 0 amide bonds. The Labute approximate surface area is 95.4 Å². The summed E-state index contributed by atoms with van der Waals surface area (Å²) in [5.74, 6) is 2.37. The zero-order valence-electron chi connectivity index (χ0n) is 9.17. The van der Waals surface area contributed by atoms with Crippen molar-refractivity contribution in [2.75, 3.05) is 6.54 Å². The van der Waals surface area contributed by atoms with E-state index in [4.69, 9.17) is 11.5 Å². The van der Waals surface area contributed by atoms with Crippen LogP contribution in [0.1, 0.15) is 25.7 Å². The van der Waals surface area contributed by atoms with Crippen LogP contribution in [0.3, 0.4) is 0 Å². The van der Waals surface area contributed by atoms with Gasteiger partial charge in [0.2, 0.25) is 0 Å². The molecular formula is C12H16N2O2. The van der Waals surface area contributed by atoms with Crippen LogP contribution in [0.5, 0.6) is 0 Å². The number of hydrogen-bond donors (Lipinski definition) is 1. The molecule has 1 unspecified atom stereocenters. The summed E-state index contributed by atoms with van der Waals surface area (Å²) in [5, 5.41) is 9.06. The van der Waals surface area contributed by atoms with E-state index in [1.54, 1.807) is 6.34 Å². The third-order valence-corrected chi connectivity index (χ3v) is 3.49. The van der Waals surface area contributed by atoms with Crippen LogP contribution in [-0.2, 0) is 4.79 Å². The Balaban J connectivity index is 1.96. The van der Waals surface area contributed by atoms with E-state index >= 15 is 0 Å². The first-order valence-electron chi connectivity index (χ1n) is 5.68. The van der Waals surface area contributed by atoms with Crippen molar-refractivity contribution >= 4 is 12.3 Å². The number of aliphatic carboxylic acids is 1. The van der Waals surface area contributed by atoms with Gasteiger partial charge in [0.1, 0.15) is 6.04 Å². The fourth-order valence-electron chi connectivity index (χ4n) is 2.51. The molecule has 4 nitrogen and oxygen atoms in total. The van der Waals surface area contributed by atoms with E-state index in [0.29, 0.717) is 18.5 Å². The van der Waals surface area contributed by atoms with E-state index in [2.05, 4.69) is 10.9 Å². The average molecular weight is 220 g/mol. The molecule has 2 rings (SSSR count). The predicted molar refractivity (Wildman–Crippen MR) is 61.2 cm³/mol. The third kappa shape index (κ3) is 2.04. The number of carbonyl (C=O) groups is 1. The van der Waals surface area contributed by atoms with Crippen LogP contribution in [0.15, 0.2) is 4.99 Å². The molecule has 1 fully saturated rings. The molecule has 0 aromatic rings. The maximum absolute atomic E-state index is 11.0. The zero-order valence-corrected chi connectivity index (χ0v) is 9.17. The number of rotatable bonds is 2. The SMILES string of the molecule is C#CC1CCC(N2C=NCC2C(=O)O)CC1. The summed E-state index contributed by atoms with van der Waals surface area (Å²) in [4.78, 5) is 17.0. The summed E-state index contributed by atoms with van der Waals surface area (Å²) in [6.07, 6.45) is 11.0. The molecule has 1 aliphatic carbocycles. The van der Waals surface area contributed by atoms with Gasteiger partial charge in [0.15, 0.2) is 0 Å². The molecule has 1 atom stereocenters. The number of nitrogens with zero attached hydrogens (tertiary/aromatic N) is 2. The molecule has 86 valence electrons. The van der Waals surface area contributed by atoms with E-state index < -0.39 is 12.0 Å². The Kier molecular flexibility index (Phi) is 3.14. The van der Waals surface area contributed by atoms with Crippen molar-refractivity contribution in [2.45, 2.75) is 37.8 Å². The molecule has 0 bridgehead atoms. The number of carboxylic acids is 1. The lowest BCUT2D eigenvalue weighted by Crippen LogP contribution is -2.46. The van der Waals surface area contributed by atoms with Gasteiger partial charge < -0.3 is 10.0 Å². The van der Waals surface area contributed by atoms with Crippen molar-refractivity contribution in [1.29, 1.82) is 0 Å². The smallest absolute Gasteiger partial charge is 0.328 e. The fourth-order valence-corrected chi connectivity index (χ4v) is 2.51. The topological polar surface area (TPSA) is 52.9 Å². The number of hydrogen-bond acceptors (Lipinski definition) is 3. The molecule has 4 heteroatoms. The van der Waals surface area contributed by atoms with Crippen molar-refractivity contribution in [3.63, 3.8) is 0 Å². The largest absolute Gasteiger partial charge is 0.480 e. The molecule has 1 saturated carbocycles. The van der Waals surface area contributed by atoms with Crippen LogP contribution in [0.25, 0.3) is 0 Å². The Morgan fingerprint density at radius 1 is 1.44 bits per heavy atom. The van der Waals surface area contributed by atoms with E-state index in [-0.39, 0.29) is 0 Å². The lowest BCUT2D eigenvalue weighted by molar-refractivity contribution is -0.141. The van der Waals surface area contributed by atoms with Crippen molar-refractivity contribution in [3.05, 3.63) is 0 Å². The highest BCUT2D eigenvalue weighted by molar-refractivity contribution is 5.79. The van der Waals surface area contributed by atoms with E-state index in [1.807, 2.05) is 4.90 Å². The predicted octanol–water partition coefficient (Wildman–Crippen LogP) is 0.975. The first-order valence-corrected chi connectivity index (χ1v) is 5.68. The number of carboxylic acid groups (broad SMARTS) is 1. The monoisotopic (exact) mass is 220 g/mol. The highest BCUT2D eigenvalue weighted by Gasteiger charge is 2.34. The summed E-state index contributed by atoms with van der Waals surface area (Å²) >= 11 is 0. The van der Waals surface area contributed by atoms with Crippen molar-refractivity contribution in [1.82, 2.24) is 4.90 Å². The Morgan fingerprint density at radius 2 is 2.12 bits per heavy atom. The van der Waals surface area contributed by atoms with Crippen molar-refractivity contribution < 1.29 is 9.90 Å². The molecule has 16 heavy (non-hydrogen) atoms. The lowest BCUT2D eigenvalue weighted by Gasteiger charge is -2.34. The van der Waals surface area contributed by atoms with Gasteiger partial charge in [0.05, 0.1) is 12.9 Å². The molecule has 0 aromatic carbocycles. The van der Waals surface area contributed by atoms with Crippen molar-refractivity contribution in [3.8, 4) is 12.3 Å². The molecule has 2 aliphatic rings. The van der Waals surface area contributed by atoms with Gasteiger partial charge in [0, 0.05) is 12.0 Å². The minimum absolute atomic E-state index is 0.303. The summed E-state index contributed by atoms with van der Waals surface area (Å²) in [6.45, 7) is 0.379. The molecule has 1 N–H and O–H groups in total. The van der Waals surface area contributed by atoms with Crippen LogP contribution in [0.4, 0.5) is 0 Å². The Bertz CT molecular complexity index is 337. The number of aliphatic imine (C=N–C) groups is 1. The summed E-state index contributed by atoms with van der Waals surface area (Å²) in [6, 6.07) is -0.163. The van der Waals surface area contributed by atoms with Crippen LogP contribution in [0, 0.1) is 18.3 Å².